The minimum absolute atomic E-state index is 0.108. The highest BCUT2D eigenvalue weighted by atomic mass is 16.6. The number of ether oxygens (including phenoxy) is 2. The topological polar surface area (TPSA) is 38.8 Å². The van der Waals surface area contributed by atoms with E-state index in [1.165, 1.54) is 5.57 Å². The molecular formula is C23H25NO3. The van der Waals surface area contributed by atoms with Gasteiger partial charge < -0.3 is 9.47 Å². The number of nitrogens with zero attached hydrogens (tertiary/aromatic N) is 1. The van der Waals surface area contributed by atoms with Gasteiger partial charge in [-0.05, 0) is 43.4 Å². The van der Waals surface area contributed by atoms with E-state index in [-0.39, 0.29) is 18.2 Å². The van der Waals surface area contributed by atoms with Crippen molar-refractivity contribution < 1.29 is 14.3 Å². The van der Waals surface area contributed by atoms with Crippen molar-refractivity contribution in [3.05, 3.63) is 71.8 Å². The summed E-state index contributed by atoms with van der Waals surface area (Å²) in [5, 5.41) is 0. The number of amides is 1. The number of para-hydroxylation sites is 1. The lowest BCUT2D eigenvalue weighted by atomic mass is 9.94. The Morgan fingerprint density at radius 1 is 1.07 bits per heavy atom. The first kappa shape index (κ1) is 17.7. The van der Waals surface area contributed by atoms with E-state index in [9.17, 15) is 4.79 Å². The number of rotatable bonds is 5. The summed E-state index contributed by atoms with van der Waals surface area (Å²) in [6.07, 6.45) is 4.87. The maximum absolute atomic E-state index is 12.7. The number of benzene rings is 2. The predicted octanol–water partition coefficient (Wildman–Crippen LogP) is 5.04. The van der Waals surface area contributed by atoms with Gasteiger partial charge in [0.1, 0.15) is 12.4 Å². The zero-order valence-corrected chi connectivity index (χ0v) is 15.6. The molecule has 0 N–H and O–H groups in total. The molecule has 2 heterocycles. The summed E-state index contributed by atoms with van der Waals surface area (Å²) in [6.45, 7) is 2.97. The molecule has 2 aromatic carbocycles. The van der Waals surface area contributed by atoms with Crippen LogP contribution in [-0.4, -0.2) is 29.7 Å². The summed E-state index contributed by atoms with van der Waals surface area (Å²) in [5.41, 5.74) is 3.43. The van der Waals surface area contributed by atoms with Gasteiger partial charge >= 0.3 is 6.09 Å². The SMILES string of the molecule is CCOc1ccccc1C1=CC2CCC(C1)N2C(=O)OCc1ccccc1. The van der Waals surface area contributed by atoms with Gasteiger partial charge in [0.2, 0.25) is 0 Å². The van der Waals surface area contributed by atoms with E-state index in [1.807, 2.05) is 60.4 Å². The predicted molar refractivity (Wildman–Crippen MR) is 105 cm³/mol. The molecule has 2 aliphatic heterocycles. The summed E-state index contributed by atoms with van der Waals surface area (Å²) >= 11 is 0. The van der Waals surface area contributed by atoms with Crippen LogP contribution in [0.2, 0.25) is 0 Å². The number of hydrogen-bond acceptors (Lipinski definition) is 3. The molecule has 0 spiro atoms. The molecule has 0 aromatic heterocycles. The second-order valence-corrected chi connectivity index (χ2v) is 7.07. The first-order valence-corrected chi connectivity index (χ1v) is 9.68. The summed E-state index contributed by atoms with van der Waals surface area (Å²) in [5.74, 6) is 0.922. The highest BCUT2D eigenvalue weighted by molar-refractivity contribution is 5.77. The van der Waals surface area contributed by atoms with Crippen molar-refractivity contribution >= 4 is 11.7 Å². The minimum atomic E-state index is -0.209. The Balaban J connectivity index is 1.49. The van der Waals surface area contributed by atoms with Gasteiger partial charge in [-0.3, -0.25) is 4.90 Å². The Kier molecular flexibility index (Phi) is 5.14. The molecule has 2 aromatic rings. The zero-order valence-electron chi connectivity index (χ0n) is 15.6. The normalized spacial score (nSPS) is 20.9. The average Bonchev–Trinajstić information content (AvgIpc) is 2.97. The number of carbonyl (C=O) groups is 1. The van der Waals surface area contributed by atoms with Crippen molar-refractivity contribution in [2.24, 2.45) is 0 Å². The van der Waals surface area contributed by atoms with E-state index in [0.717, 1.165) is 36.1 Å². The van der Waals surface area contributed by atoms with Crippen molar-refractivity contribution in [2.75, 3.05) is 6.61 Å². The molecule has 27 heavy (non-hydrogen) atoms. The van der Waals surface area contributed by atoms with E-state index in [4.69, 9.17) is 9.47 Å². The van der Waals surface area contributed by atoms with Gasteiger partial charge in [-0.1, -0.05) is 54.6 Å². The molecule has 4 nitrogen and oxygen atoms in total. The highest BCUT2D eigenvalue weighted by Crippen LogP contribution is 2.41. The Morgan fingerprint density at radius 2 is 1.85 bits per heavy atom. The molecule has 4 rings (SSSR count). The third kappa shape index (κ3) is 3.70. The van der Waals surface area contributed by atoms with Crippen LogP contribution in [0.25, 0.3) is 5.57 Å². The van der Waals surface area contributed by atoms with Gasteiger partial charge in [-0.15, -0.1) is 0 Å². The summed E-state index contributed by atoms with van der Waals surface area (Å²) in [4.78, 5) is 14.6. The third-order valence-electron chi connectivity index (χ3n) is 5.34. The molecule has 2 unspecified atom stereocenters. The molecule has 0 saturated carbocycles. The monoisotopic (exact) mass is 363 g/mol. The van der Waals surface area contributed by atoms with E-state index in [2.05, 4.69) is 12.1 Å². The molecule has 0 radical (unpaired) electrons. The van der Waals surface area contributed by atoms with Gasteiger partial charge in [-0.2, -0.15) is 0 Å². The van der Waals surface area contributed by atoms with Crippen LogP contribution in [0, 0.1) is 0 Å². The lowest BCUT2D eigenvalue weighted by Gasteiger charge is -2.33. The van der Waals surface area contributed by atoms with Gasteiger partial charge in [0, 0.05) is 11.6 Å². The number of carbonyl (C=O) groups excluding carboxylic acids is 1. The molecule has 1 amide bonds. The highest BCUT2D eigenvalue weighted by Gasteiger charge is 2.41. The molecule has 2 atom stereocenters. The van der Waals surface area contributed by atoms with Crippen LogP contribution in [0.4, 0.5) is 4.79 Å². The Labute approximate surface area is 160 Å². The van der Waals surface area contributed by atoms with Crippen LogP contribution in [0.5, 0.6) is 5.75 Å². The van der Waals surface area contributed by atoms with Gasteiger partial charge in [0.05, 0.1) is 12.6 Å². The number of fused-ring (bicyclic) bond motifs is 2. The largest absolute Gasteiger partial charge is 0.493 e. The average molecular weight is 363 g/mol. The maximum Gasteiger partial charge on any atom is 0.410 e. The summed E-state index contributed by atoms with van der Waals surface area (Å²) in [7, 11) is 0. The Bertz CT molecular complexity index is 831. The third-order valence-corrected chi connectivity index (χ3v) is 5.34. The maximum atomic E-state index is 12.7. The van der Waals surface area contributed by atoms with Crippen LogP contribution in [0.1, 0.15) is 37.3 Å². The molecule has 2 aliphatic rings. The molecule has 1 fully saturated rings. The van der Waals surface area contributed by atoms with Crippen LogP contribution in [0.15, 0.2) is 60.7 Å². The van der Waals surface area contributed by atoms with Crippen LogP contribution in [0.3, 0.4) is 0 Å². The van der Waals surface area contributed by atoms with Crippen molar-refractivity contribution in [3.63, 3.8) is 0 Å². The van der Waals surface area contributed by atoms with Crippen molar-refractivity contribution in [2.45, 2.75) is 44.9 Å². The first-order chi connectivity index (χ1) is 13.3. The van der Waals surface area contributed by atoms with E-state index in [1.54, 1.807) is 0 Å². The lowest BCUT2D eigenvalue weighted by Crippen LogP contribution is -2.43. The molecule has 0 aliphatic carbocycles. The van der Waals surface area contributed by atoms with Crippen molar-refractivity contribution in [1.29, 1.82) is 0 Å². The van der Waals surface area contributed by atoms with E-state index >= 15 is 0 Å². The van der Waals surface area contributed by atoms with E-state index in [0.29, 0.717) is 13.2 Å². The molecular weight excluding hydrogens is 338 g/mol. The second-order valence-electron chi connectivity index (χ2n) is 7.07. The van der Waals surface area contributed by atoms with Crippen molar-refractivity contribution in [1.82, 2.24) is 4.90 Å². The number of hydrogen-bond donors (Lipinski definition) is 0. The fourth-order valence-electron chi connectivity index (χ4n) is 4.12. The van der Waals surface area contributed by atoms with Crippen LogP contribution >= 0.6 is 0 Å². The molecule has 4 heteroatoms. The fourth-order valence-corrected chi connectivity index (χ4v) is 4.12. The first-order valence-electron chi connectivity index (χ1n) is 9.68. The Hall–Kier alpha value is -2.75. The standard InChI is InChI=1S/C23H25NO3/c1-2-26-22-11-7-6-10-21(22)18-14-19-12-13-20(15-18)24(19)23(25)27-16-17-8-4-3-5-9-17/h3-11,14,19-20H,2,12-13,15-16H2,1H3. The smallest absolute Gasteiger partial charge is 0.410 e. The van der Waals surface area contributed by atoms with Gasteiger partial charge in [0.15, 0.2) is 0 Å². The lowest BCUT2D eigenvalue weighted by molar-refractivity contribution is 0.0832. The molecule has 2 bridgehead atoms. The van der Waals surface area contributed by atoms with Gasteiger partial charge in [0.25, 0.3) is 0 Å². The van der Waals surface area contributed by atoms with Crippen molar-refractivity contribution in [3.8, 4) is 5.75 Å². The minimum Gasteiger partial charge on any atom is -0.493 e. The summed E-state index contributed by atoms with van der Waals surface area (Å²) in [6, 6.07) is 18.3. The summed E-state index contributed by atoms with van der Waals surface area (Å²) < 4.78 is 11.4. The van der Waals surface area contributed by atoms with Crippen LogP contribution in [-0.2, 0) is 11.3 Å². The fraction of sp³-hybridized carbons (Fsp3) is 0.348. The van der Waals surface area contributed by atoms with Crippen LogP contribution < -0.4 is 4.74 Å². The van der Waals surface area contributed by atoms with Gasteiger partial charge in [-0.25, -0.2) is 4.79 Å². The second kappa shape index (κ2) is 7.87. The molecule has 140 valence electrons. The molecule has 1 saturated heterocycles. The quantitative estimate of drug-likeness (QED) is 0.747. The van der Waals surface area contributed by atoms with E-state index < -0.39 is 0 Å². The zero-order chi connectivity index (χ0) is 18.6. The Morgan fingerprint density at radius 3 is 2.63 bits per heavy atom.